The van der Waals surface area contributed by atoms with Crippen LogP contribution in [0.5, 0.6) is 0 Å². The number of benzene rings is 1. The Morgan fingerprint density at radius 1 is 1.27 bits per heavy atom. The minimum absolute atomic E-state index is 0.260. The molecule has 0 saturated heterocycles. The molecule has 0 aliphatic carbocycles. The first-order valence-corrected chi connectivity index (χ1v) is 10.9. The molecule has 0 saturated carbocycles. The Morgan fingerprint density at radius 2 is 2.08 bits per heavy atom. The second-order valence-electron chi connectivity index (χ2n) is 6.79. The van der Waals surface area contributed by atoms with Gasteiger partial charge in [-0.1, -0.05) is 41.7 Å². The Bertz CT molecular complexity index is 926. The summed E-state index contributed by atoms with van der Waals surface area (Å²) < 4.78 is 2.77. The molecule has 4 nitrogen and oxygen atoms in total. The lowest BCUT2D eigenvalue weighted by atomic mass is 9.94. The van der Waals surface area contributed by atoms with Crippen LogP contribution in [0.25, 0.3) is 0 Å². The van der Waals surface area contributed by atoms with Gasteiger partial charge in [0.1, 0.15) is 0 Å². The zero-order valence-corrected chi connectivity index (χ0v) is 17.3. The van der Waals surface area contributed by atoms with E-state index in [9.17, 15) is 0 Å². The molecule has 0 spiro atoms. The highest BCUT2D eigenvalue weighted by Crippen LogP contribution is 2.38. The number of nitrogens with one attached hydrogen (secondary N) is 1. The fourth-order valence-electron chi connectivity index (χ4n) is 3.42. The van der Waals surface area contributed by atoms with Crippen molar-refractivity contribution in [3.8, 4) is 0 Å². The molecular formula is C19H22N4S3. The fraction of sp³-hybridized carbons (Fsp3) is 0.368. The third-order valence-electron chi connectivity index (χ3n) is 4.52. The predicted molar refractivity (Wildman–Crippen MR) is 113 cm³/mol. The van der Waals surface area contributed by atoms with E-state index < -0.39 is 0 Å². The number of hydrogen-bond acceptors (Lipinski definition) is 6. The van der Waals surface area contributed by atoms with Gasteiger partial charge in [-0.3, -0.25) is 4.90 Å². The van der Waals surface area contributed by atoms with Gasteiger partial charge >= 0.3 is 0 Å². The molecule has 7 heteroatoms. The van der Waals surface area contributed by atoms with Crippen LogP contribution >= 0.6 is 34.9 Å². The van der Waals surface area contributed by atoms with Crippen LogP contribution in [-0.2, 0) is 13.1 Å². The van der Waals surface area contributed by atoms with Crippen molar-refractivity contribution in [3.05, 3.63) is 61.7 Å². The summed E-state index contributed by atoms with van der Waals surface area (Å²) >= 11 is 8.98. The van der Waals surface area contributed by atoms with Crippen LogP contribution in [0.3, 0.4) is 0 Å². The van der Waals surface area contributed by atoms with Crippen molar-refractivity contribution >= 4 is 40.0 Å². The van der Waals surface area contributed by atoms with Crippen molar-refractivity contribution in [1.29, 1.82) is 0 Å². The smallest absolute Gasteiger partial charge is 0.204 e. The maximum absolute atomic E-state index is 5.57. The SMILES string of the molecule is CC(C)Nc1nn(CN2CCc3sccc3C2c2ccccc2)c(=S)s1. The average molecular weight is 403 g/mol. The summed E-state index contributed by atoms with van der Waals surface area (Å²) in [6.45, 7) is 5.95. The molecule has 1 aliphatic heterocycles. The van der Waals surface area contributed by atoms with Gasteiger partial charge in [-0.15, -0.1) is 16.4 Å². The number of fused-ring (bicyclic) bond motifs is 1. The second-order valence-corrected chi connectivity index (χ2v) is 9.41. The number of nitrogens with zero attached hydrogens (tertiary/aromatic N) is 3. The monoisotopic (exact) mass is 402 g/mol. The van der Waals surface area contributed by atoms with Crippen LogP contribution in [0.4, 0.5) is 5.13 Å². The van der Waals surface area contributed by atoms with Crippen LogP contribution in [0.2, 0.25) is 0 Å². The molecule has 3 aromatic rings. The maximum Gasteiger partial charge on any atom is 0.204 e. The largest absolute Gasteiger partial charge is 0.358 e. The maximum atomic E-state index is 5.57. The first kappa shape index (κ1) is 17.9. The lowest BCUT2D eigenvalue weighted by Crippen LogP contribution is -2.37. The number of rotatable bonds is 5. The third-order valence-corrected chi connectivity index (χ3v) is 6.75. The number of anilines is 1. The topological polar surface area (TPSA) is 33.1 Å². The number of hydrogen-bond donors (Lipinski definition) is 1. The lowest BCUT2D eigenvalue weighted by Gasteiger charge is -2.36. The fourth-order valence-corrected chi connectivity index (χ4v) is 5.46. The zero-order valence-electron chi connectivity index (χ0n) is 14.9. The molecule has 0 amide bonds. The summed E-state index contributed by atoms with van der Waals surface area (Å²) in [7, 11) is 0. The van der Waals surface area contributed by atoms with Crippen molar-refractivity contribution in [2.75, 3.05) is 11.9 Å². The summed E-state index contributed by atoms with van der Waals surface area (Å²) in [6.07, 6.45) is 1.09. The molecule has 2 aromatic heterocycles. The highest BCUT2D eigenvalue weighted by molar-refractivity contribution is 7.73. The van der Waals surface area contributed by atoms with E-state index in [-0.39, 0.29) is 6.04 Å². The number of aromatic nitrogens is 2. The first-order chi connectivity index (χ1) is 12.6. The van der Waals surface area contributed by atoms with Gasteiger partial charge in [0.25, 0.3) is 0 Å². The summed E-state index contributed by atoms with van der Waals surface area (Å²) in [5, 5.41) is 11.2. The van der Waals surface area contributed by atoms with Crippen LogP contribution in [0.1, 0.15) is 35.9 Å². The molecule has 0 fully saturated rings. The van der Waals surface area contributed by atoms with E-state index in [1.165, 1.54) is 16.0 Å². The van der Waals surface area contributed by atoms with Gasteiger partial charge in [-0.25, -0.2) is 4.68 Å². The lowest BCUT2D eigenvalue weighted by molar-refractivity contribution is 0.157. The van der Waals surface area contributed by atoms with Gasteiger partial charge < -0.3 is 5.32 Å². The van der Waals surface area contributed by atoms with Crippen molar-refractivity contribution in [2.24, 2.45) is 0 Å². The summed E-state index contributed by atoms with van der Waals surface area (Å²) in [4.78, 5) is 3.98. The standard InChI is InChI=1S/C19H22N4S3/c1-13(2)20-18-21-23(19(24)26-18)12-22-10-8-16-15(9-11-25-16)17(22)14-6-4-3-5-7-14/h3-7,9,11,13,17H,8,10,12H2,1-2H3,(H,20,21). The highest BCUT2D eigenvalue weighted by Gasteiger charge is 2.30. The third kappa shape index (κ3) is 3.62. The van der Waals surface area contributed by atoms with Crippen molar-refractivity contribution < 1.29 is 0 Å². The normalized spacial score (nSPS) is 17.4. The van der Waals surface area contributed by atoms with Crippen molar-refractivity contribution in [2.45, 2.75) is 39.0 Å². The second kappa shape index (κ2) is 7.60. The zero-order chi connectivity index (χ0) is 18.1. The molecule has 1 unspecified atom stereocenters. The van der Waals surface area contributed by atoms with E-state index in [0.717, 1.165) is 22.1 Å². The molecule has 1 N–H and O–H groups in total. The van der Waals surface area contributed by atoms with E-state index in [1.807, 2.05) is 16.0 Å². The van der Waals surface area contributed by atoms with Gasteiger partial charge in [-0.05, 0) is 55.1 Å². The van der Waals surface area contributed by atoms with E-state index >= 15 is 0 Å². The molecule has 0 radical (unpaired) electrons. The van der Waals surface area contributed by atoms with Crippen molar-refractivity contribution in [1.82, 2.24) is 14.7 Å². The highest BCUT2D eigenvalue weighted by atomic mass is 32.1. The molecule has 136 valence electrons. The molecule has 1 aromatic carbocycles. The van der Waals surface area contributed by atoms with Crippen LogP contribution in [0.15, 0.2) is 41.8 Å². The predicted octanol–water partition coefficient (Wildman–Crippen LogP) is 5.16. The Morgan fingerprint density at radius 3 is 2.85 bits per heavy atom. The molecule has 3 heterocycles. The molecule has 26 heavy (non-hydrogen) atoms. The molecule has 0 bridgehead atoms. The molecular weight excluding hydrogens is 380 g/mol. The minimum atomic E-state index is 0.260. The van der Waals surface area contributed by atoms with Gasteiger partial charge in [0.15, 0.2) is 3.95 Å². The van der Waals surface area contributed by atoms with Gasteiger partial charge in [-0.2, -0.15) is 0 Å². The van der Waals surface area contributed by atoms with Gasteiger partial charge in [0, 0.05) is 17.5 Å². The van der Waals surface area contributed by atoms with E-state index in [1.54, 1.807) is 11.3 Å². The summed E-state index contributed by atoms with van der Waals surface area (Å²) in [5.41, 5.74) is 2.75. The van der Waals surface area contributed by atoms with Crippen LogP contribution in [0, 0.1) is 3.95 Å². The summed E-state index contributed by atoms with van der Waals surface area (Å²) in [5.74, 6) is 0. The van der Waals surface area contributed by atoms with Crippen LogP contribution in [-0.4, -0.2) is 27.3 Å². The average Bonchev–Trinajstić information content (AvgIpc) is 3.21. The Balaban J connectivity index is 1.65. The quantitative estimate of drug-likeness (QED) is 0.598. The van der Waals surface area contributed by atoms with E-state index in [0.29, 0.717) is 12.7 Å². The Hall–Kier alpha value is -1.54. The van der Waals surface area contributed by atoms with E-state index in [4.69, 9.17) is 17.3 Å². The van der Waals surface area contributed by atoms with Crippen molar-refractivity contribution in [3.63, 3.8) is 0 Å². The first-order valence-electron chi connectivity index (χ1n) is 8.81. The Labute approximate surface area is 167 Å². The Kier molecular flexibility index (Phi) is 5.22. The van der Waals surface area contributed by atoms with E-state index in [2.05, 4.69) is 65.8 Å². The number of thiophene rings is 1. The summed E-state index contributed by atoms with van der Waals surface area (Å²) in [6, 6.07) is 13.6. The molecule has 1 aliphatic rings. The molecule has 1 atom stereocenters. The van der Waals surface area contributed by atoms with Crippen LogP contribution < -0.4 is 5.32 Å². The molecule has 4 rings (SSSR count). The minimum Gasteiger partial charge on any atom is -0.358 e. The van der Waals surface area contributed by atoms with Gasteiger partial charge in [0.05, 0.1) is 12.7 Å². The van der Waals surface area contributed by atoms with Gasteiger partial charge in [0.2, 0.25) is 5.13 Å².